The average molecular weight is 259 g/mol. The number of urea groups is 1. The molecule has 2 unspecified atom stereocenters. The highest BCUT2D eigenvalue weighted by Gasteiger charge is 2.31. The van der Waals surface area contributed by atoms with Crippen molar-refractivity contribution in [2.45, 2.75) is 25.4 Å². The van der Waals surface area contributed by atoms with E-state index in [0.717, 1.165) is 0 Å². The van der Waals surface area contributed by atoms with Crippen LogP contribution in [-0.2, 0) is 9.59 Å². The standard InChI is InChI=1S/C10H17N3O5/c1-6-8(15)11-3-4-13(6)10(18)12-7(2-5-14)9(16)17/h6-7,14H,2-5H2,1H3,(H,11,15)(H,12,18)(H,16,17). The summed E-state index contributed by atoms with van der Waals surface area (Å²) in [5.41, 5.74) is 0. The highest BCUT2D eigenvalue weighted by atomic mass is 16.4. The first-order valence-electron chi connectivity index (χ1n) is 5.66. The summed E-state index contributed by atoms with van der Waals surface area (Å²) >= 11 is 0. The van der Waals surface area contributed by atoms with Gasteiger partial charge in [-0.1, -0.05) is 0 Å². The van der Waals surface area contributed by atoms with E-state index in [1.165, 1.54) is 4.90 Å². The quantitative estimate of drug-likeness (QED) is 0.482. The van der Waals surface area contributed by atoms with Crippen LogP contribution in [0, 0.1) is 0 Å². The molecule has 102 valence electrons. The van der Waals surface area contributed by atoms with Crippen LogP contribution in [0.2, 0.25) is 0 Å². The summed E-state index contributed by atoms with van der Waals surface area (Å²) in [7, 11) is 0. The Hall–Kier alpha value is -1.83. The molecule has 0 saturated carbocycles. The normalized spacial score (nSPS) is 21.1. The molecule has 18 heavy (non-hydrogen) atoms. The van der Waals surface area contributed by atoms with Crippen molar-refractivity contribution in [1.82, 2.24) is 15.5 Å². The molecular formula is C10H17N3O5. The van der Waals surface area contributed by atoms with Crippen LogP contribution in [0.25, 0.3) is 0 Å². The van der Waals surface area contributed by atoms with Gasteiger partial charge in [0.15, 0.2) is 0 Å². The zero-order valence-electron chi connectivity index (χ0n) is 10.0. The summed E-state index contributed by atoms with van der Waals surface area (Å²) in [6, 6.07) is -2.40. The molecule has 0 aromatic heterocycles. The molecule has 2 atom stereocenters. The van der Waals surface area contributed by atoms with E-state index in [4.69, 9.17) is 10.2 Å². The van der Waals surface area contributed by atoms with Gasteiger partial charge in [0.25, 0.3) is 0 Å². The summed E-state index contributed by atoms with van der Waals surface area (Å²) in [6.45, 7) is 1.89. The number of piperazine rings is 1. The largest absolute Gasteiger partial charge is 0.480 e. The number of nitrogens with one attached hydrogen (secondary N) is 2. The van der Waals surface area contributed by atoms with Crippen LogP contribution in [0.15, 0.2) is 0 Å². The predicted octanol–water partition coefficient (Wildman–Crippen LogP) is -1.65. The SMILES string of the molecule is CC1C(=O)NCCN1C(=O)NC(CCO)C(=O)O. The zero-order valence-corrected chi connectivity index (χ0v) is 10.0. The summed E-state index contributed by atoms with van der Waals surface area (Å²) in [5.74, 6) is -1.49. The topological polar surface area (TPSA) is 119 Å². The monoisotopic (exact) mass is 259 g/mol. The van der Waals surface area contributed by atoms with Crippen molar-refractivity contribution < 1.29 is 24.6 Å². The Labute approximate surface area is 104 Å². The third kappa shape index (κ3) is 3.33. The minimum absolute atomic E-state index is 0.0739. The average Bonchev–Trinajstić information content (AvgIpc) is 2.31. The third-order valence-corrected chi connectivity index (χ3v) is 2.77. The lowest BCUT2D eigenvalue weighted by atomic mass is 10.2. The molecule has 1 saturated heterocycles. The first-order chi connectivity index (χ1) is 8.47. The molecule has 0 spiro atoms. The molecule has 1 aliphatic rings. The van der Waals surface area contributed by atoms with E-state index in [2.05, 4.69) is 10.6 Å². The summed E-state index contributed by atoms with van der Waals surface area (Å²) in [5, 5.41) is 22.4. The van der Waals surface area contributed by atoms with Gasteiger partial charge in [-0.3, -0.25) is 4.79 Å². The van der Waals surface area contributed by atoms with Gasteiger partial charge in [0.05, 0.1) is 0 Å². The van der Waals surface area contributed by atoms with Crippen molar-refractivity contribution >= 4 is 17.9 Å². The minimum atomic E-state index is -1.22. The fourth-order valence-electron chi connectivity index (χ4n) is 1.68. The second-order valence-electron chi connectivity index (χ2n) is 4.01. The van der Waals surface area contributed by atoms with Gasteiger partial charge in [0.2, 0.25) is 5.91 Å². The fourth-order valence-corrected chi connectivity index (χ4v) is 1.68. The molecule has 1 aliphatic heterocycles. The predicted molar refractivity (Wildman–Crippen MR) is 60.8 cm³/mol. The number of carbonyl (C=O) groups is 3. The van der Waals surface area contributed by atoms with Crippen LogP contribution in [0.4, 0.5) is 4.79 Å². The second kappa shape index (κ2) is 6.20. The fraction of sp³-hybridized carbons (Fsp3) is 0.700. The highest BCUT2D eigenvalue weighted by molar-refractivity contribution is 5.89. The second-order valence-corrected chi connectivity index (χ2v) is 4.01. The van der Waals surface area contributed by atoms with Gasteiger partial charge in [-0.25, -0.2) is 9.59 Å². The van der Waals surface area contributed by atoms with Crippen LogP contribution >= 0.6 is 0 Å². The van der Waals surface area contributed by atoms with Gasteiger partial charge < -0.3 is 25.7 Å². The molecule has 0 aliphatic carbocycles. The Balaban J connectivity index is 2.63. The van der Waals surface area contributed by atoms with Crippen molar-refractivity contribution in [2.24, 2.45) is 0 Å². The summed E-state index contributed by atoms with van der Waals surface area (Å²) < 4.78 is 0. The van der Waals surface area contributed by atoms with Crippen molar-refractivity contribution in [3.8, 4) is 0 Å². The highest BCUT2D eigenvalue weighted by Crippen LogP contribution is 2.05. The van der Waals surface area contributed by atoms with Gasteiger partial charge in [0.1, 0.15) is 12.1 Å². The molecular weight excluding hydrogens is 242 g/mol. The number of hydrogen-bond donors (Lipinski definition) is 4. The van der Waals surface area contributed by atoms with Gasteiger partial charge >= 0.3 is 12.0 Å². The number of aliphatic carboxylic acids is 1. The lowest BCUT2D eigenvalue weighted by Gasteiger charge is -2.33. The molecule has 1 fully saturated rings. The van der Waals surface area contributed by atoms with E-state index >= 15 is 0 Å². The lowest BCUT2D eigenvalue weighted by Crippen LogP contribution is -2.60. The third-order valence-electron chi connectivity index (χ3n) is 2.77. The van der Waals surface area contributed by atoms with Crippen molar-refractivity contribution in [3.63, 3.8) is 0 Å². The molecule has 4 N–H and O–H groups in total. The van der Waals surface area contributed by atoms with Gasteiger partial charge in [-0.15, -0.1) is 0 Å². The Morgan fingerprint density at radius 1 is 1.61 bits per heavy atom. The number of amides is 3. The van der Waals surface area contributed by atoms with E-state index in [9.17, 15) is 14.4 Å². The number of nitrogens with zero attached hydrogens (tertiary/aromatic N) is 1. The van der Waals surface area contributed by atoms with Crippen LogP contribution in [0.1, 0.15) is 13.3 Å². The Bertz CT molecular complexity index is 346. The molecule has 0 aromatic carbocycles. The minimum Gasteiger partial charge on any atom is -0.480 e. The number of aliphatic hydroxyl groups excluding tert-OH is 1. The number of aliphatic hydroxyl groups is 1. The molecule has 0 radical (unpaired) electrons. The molecule has 8 heteroatoms. The summed E-state index contributed by atoms with van der Waals surface area (Å²) in [4.78, 5) is 35.3. The van der Waals surface area contributed by atoms with E-state index in [0.29, 0.717) is 13.1 Å². The molecule has 8 nitrogen and oxygen atoms in total. The van der Waals surface area contributed by atoms with Crippen molar-refractivity contribution in [1.29, 1.82) is 0 Å². The Morgan fingerprint density at radius 3 is 2.83 bits per heavy atom. The Kier molecular flexibility index (Phi) is 4.90. The molecule has 1 rings (SSSR count). The zero-order chi connectivity index (χ0) is 13.7. The number of carboxylic acids is 1. The van der Waals surface area contributed by atoms with Crippen molar-refractivity contribution in [3.05, 3.63) is 0 Å². The first kappa shape index (κ1) is 14.2. The van der Waals surface area contributed by atoms with Crippen molar-refractivity contribution in [2.75, 3.05) is 19.7 Å². The lowest BCUT2D eigenvalue weighted by molar-refractivity contribution is -0.139. The van der Waals surface area contributed by atoms with Crippen LogP contribution < -0.4 is 10.6 Å². The van der Waals surface area contributed by atoms with Crippen LogP contribution in [0.5, 0.6) is 0 Å². The number of hydrogen-bond acceptors (Lipinski definition) is 4. The van der Waals surface area contributed by atoms with E-state index in [-0.39, 0.29) is 18.9 Å². The van der Waals surface area contributed by atoms with Gasteiger partial charge in [-0.05, 0) is 6.92 Å². The van der Waals surface area contributed by atoms with E-state index < -0.39 is 24.1 Å². The molecule has 0 bridgehead atoms. The van der Waals surface area contributed by atoms with E-state index in [1.807, 2.05) is 0 Å². The van der Waals surface area contributed by atoms with Crippen LogP contribution in [0.3, 0.4) is 0 Å². The van der Waals surface area contributed by atoms with Gasteiger partial charge in [-0.2, -0.15) is 0 Å². The van der Waals surface area contributed by atoms with Crippen LogP contribution in [-0.4, -0.2) is 64.8 Å². The maximum Gasteiger partial charge on any atom is 0.326 e. The Morgan fingerprint density at radius 2 is 2.28 bits per heavy atom. The smallest absolute Gasteiger partial charge is 0.326 e. The molecule has 0 aromatic rings. The van der Waals surface area contributed by atoms with E-state index in [1.54, 1.807) is 6.92 Å². The number of carboxylic acid groups (broad SMARTS) is 1. The maximum absolute atomic E-state index is 11.8. The van der Waals surface area contributed by atoms with Gasteiger partial charge in [0, 0.05) is 26.1 Å². The maximum atomic E-state index is 11.8. The molecule has 1 heterocycles. The number of rotatable bonds is 4. The summed E-state index contributed by atoms with van der Waals surface area (Å²) in [6.07, 6.45) is -0.0739. The number of carbonyl (C=O) groups excluding carboxylic acids is 2. The first-order valence-corrected chi connectivity index (χ1v) is 5.66. The molecule has 3 amide bonds.